The average molecular weight is 124 g/mol. The molecule has 1 rings (SSSR count). The molecule has 0 heterocycles. The number of allylic oxidation sites excluding steroid dienone is 2. The molecule has 0 aromatic heterocycles. The molecule has 0 amide bonds. The quantitative estimate of drug-likeness (QED) is 0.385. The number of aldehydes is 1. The number of hydrogen-bond donors (Lipinski definition) is 0. The second-order valence-corrected chi connectivity index (χ2v) is 2.67. The van der Waals surface area contributed by atoms with Crippen LogP contribution < -0.4 is 0 Å². The van der Waals surface area contributed by atoms with Gasteiger partial charge in [0.2, 0.25) is 0 Å². The maximum absolute atomic E-state index is 10.0. The van der Waals surface area contributed by atoms with Crippen LogP contribution in [0.4, 0.5) is 0 Å². The van der Waals surface area contributed by atoms with Crippen LogP contribution in [0.2, 0.25) is 0 Å². The fourth-order valence-corrected chi connectivity index (χ4v) is 1.38. The van der Waals surface area contributed by atoms with E-state index in [9.17, 15) is 4.79 Å². The molecule has 0 saturated heterocycles. The molecular weight excluding hydrogens is 112 g/mol. The fraction of sp³-hybridized carbons (Fsp3) is 0.625. The van der Waals surface area contributed by atoms with Gasteiger partial charge in [0.15, 0.2) is 0 Å². The molecule has 0 N–H and O–H groups in total. The Labute approximate surface area is 55.8 Å². The molecule has 0 aromatic carbocycles. The van der Waals surface area contributed by atoms with Gasteiger partial charge in [-0.3, -0.25) is 4.79 Å². The lowest BCUT2D eigenvalue weighted by molar-refractivity contribution is -0.104. The molecule has 0 aliphatic heterocycles. The van der Waals surface area contributed by atoms with Crippen molar-refractivity contribution in [1.29, 1.82) is 0 Å². The lowest BCUT2D eigenvalue weighted by Crippen LogP contribution is -1.87. The number of rotatable bonds is 1. The van der Waals surface area contributed by atoms with E-state index in [0.717, 1.165) is 12.7 Å². The van der Waals surface area contributed by atoms with Gasteiger partial charge in [-0.15, -0.1) is 0 Å². The Balaban J connectivity index is 2.58. The van der Waals surface area contributed by atoms with Crippen molar-refractivity contribution in [2.45, 2.75) is 26.2 Å². The minimum Gasteiger partial charge on any atom is -0.299 e. The molecule has 1 unspecified atom stereocenters. The summed E-state index contributed by atoms with van der Waals surface area (Å²) in [6, 6.07) is 0. The summed E-state index contributed by atoms with van der Waals surface area (Å²) in [4.78, 5) is 10.0. The second kappa shape index (κ2) is 2.81. The topological polar surface area (TPSA) is 17.1 Å². The molecule has 0 aromatic rings. The van der Waals surface area contributed by atoms with Crippen LogP contribution in [0.15, 0.2) is 11.6 Å². The zero-order valence-electron chi connectivity index (χ0n) is 5.76. The molecule has 0 spiro atoms. The van der Waals surface area contributed by atoms with E-state index in [-0.39, 0.29) is 0 Å². The van der Waals surface area contributed by atoms with E-state index in [1.807, 2.05) is 0 Å². The van der Waals surface area contributed by atoms with Crippen molar-refractivity contribution in [2.24, 2.45) is 5.92 Å². The third-order valence-electron chi connectivity index (χ3n) is 2.02. The van der Waals surface area contributed by atoms with Gasteiger partial charge in [-0.2, -0.15) is 0 Å². The number of carbonyl (C=O) groups is 1. The van der Waals surface area contributed by atoms with E-state index in [1.165, 1.54) is 18.4 Å². The first kappa shape index (κ1) is 6.53. The van der Waals surface area contributed by atoms with Crippen molar-refractivity contribution in [1.82, 2.24) is 0 Å². The first-order chi connectivity index (χ1) is 4.34. The van der Waals surface area contributed by atoms with Crippen molar-refractivity contribution in [3.8, 4) is 0 Å². The van der Waals surface area contributed by atoms with Gasteiger partial charge in [-0.25, -0.2) is 0 Å². The molecule has 1 fully saturated rings. The zero-order valence-corrected chi connectivity index (χ0v) is 5.76. The van der Waals surface area contributed by atoms with E-state index in [1.54, 1.807) is 6.08 Å². The largest absolute Gasteiger partial charge is 0.299 e. The van der Waals surface area contributed by atoms with Gasteiger partial charge in [0.25, 0.3) is 0 Å². The van der Waals surface area contributed by atoms with E-state index in [4.69, 9.17) is 0 Å². The van der Waals surface area contributed by atoms with Crippen LogP contribution in [-0.4, -0.2) is 6.29 Å². The Kier molecular flexibility index (Phi) is 2.04. The van der Waals surface area contributed by atoms with Crippen LogP contribution in [0.3, 0.4) is 0 Å². The van der Waals surface area contributed by atoms with Crippen molar-refractivity contribution in [3.05, 3.63) is 11.6 Å². The van der Waals surface area contributed by atoms with E-state index in [0.29, 0.717) is 5.92 Å². The Morgan fingerprint density at radius 1 is 1.67 bits per heavy atom. The lowest BCUT2D eigenvalue weighted by Gasteiger charge is -1.99. The minimum atomic E-state index is 0.662. The molecule has 1 heteroatoms. The minimum absolute atomic E-state index is 0.662. The number of carbonyl (C=O) groups excluding carboxylic acids is 1. The molecular formula is C8H12O. The van der Waals surface area contributed by atoms with Gasteiger partial charge in [0.1, 0.15) is 6.29 Å². The Bertz CT molecular complexity index is 136. The molecule has 9 heavy (non-hydrogen) atoms. The summed E-state index contributed by atoms with van der Waals surface area (Å²) in [6.45, 7) is 2.18. The van der Waals surface area contributed by atoms with Crippen LogP contribution in [0.5, 0.6) is 0 Å². The highest BCUT2D eigenvalue weighted by atomic mass is 16.1. The van der Waals surface area contributed by atoms with Gasteiger partial charge >= 0.3 is 0 Å². The maximum Gasteiger partial charge on any atom is 0.142 e. The lowest BCUT2D eigenvalue weighted by atomic mass is 10.1. The normalized spacial score (nSPS) is 31.2. The van der Waals surface area contributed by atoms with Crippen molar-refractivity contribution >= 4 is 6.29 Å². The van der Waals surface area contributed by atoms with Crippen LogP contribution in [-0.2, 0) is 4.79 Å². The van der Waals surface area contributed by atoms with Gasteiger partial charge in [-0.05, 0) is 31.3 Å². The summed E-state index contributed by atoms with van der Waals surface area (Å²) in [5.74, 6) is 0.662. The predicted molar refractivity (Wildman–Crippen MR) is 37.2 cm³/mol. The third-order valence-corrected chi connectivity index (χ3v) is 2.02. The third kappa shape index (κ3) is 1.41. The van der Waals surface area contributed by atoms with Crippen LogP contribution in [0.1, 0.15) is 26.2 Å². The highest BCUT2D eigenvalue weighted by Crippen LogP contribution is 2.29. The average Bonchev–Trinajstić information content (AvgIpc) is 2.18. The van der Waals surface area contributed by atoms with Crippen molar-refractivity contribution in [2.75, 3.05) is 0 Å². The highest BCUT2D eigenvalue weighted by molar-refractivity contribution is 5.66. The Morgan fingerprint density at radius 3 is 2.89 bits per heavy atom. The van der Waals surface area contributed by atoms with Crippen molar-refractivity contribution < 1.29 is 4.79 Å². The van der Waals surface area contributed by atoms with E-state index < -0.39 is 0 Å². The summed E-state index contributed by atoms with van der Waals surface area (Å²) >= 11 is 0. The SMILES string of the molecule is CC1CCC/C1=C\C=O. The van der Waals surface area contributed by atoms with Crippen LogP contribution in [0, 0.1) is 5.92 Å². The zero-order chi connectivity index (χ0) is 6.69. The summed E-state index contributed by atoms with van der Waals surface area (Å²) in [6.07, 6.45) is 6.29. The summed E-state index contributed by atoms with van der Waals surface area (Å²) in [5, 5.41) is 0. The fourth-order valence-electron chi connectivity index (χ4n) is 1.38. The summed E-state index contributed by atoms with van der Waals surface area (Å²) < 4.78 is 0. The second-order valence-electron chi connectivity index (χ2n) is 2.67. The molecule has 1 aliphatic carbocycles. The van der Waals surface area contributed by atoms with Crippen LogP contribution >= 0.6 is 0 Å². The number of hydrogen-bond acceptors (Lipinski definition) is 1. The van der Waals surface area contributed by atoms with E-state index in [2.05, 4.69) is 6.92 Å². The van der Waals surface area contributed by atoms with Gasteiger partial charge in [-0.1, -0.05) is 12.5 Å². The Hall–Kier alpha value is -0.590. The molecule has 1 nitrogen and oxygen atoms in total. The highest BCUT2D eigenvalue weighted by Gasteiger charge is 2.14. The first-order valence-corrected chi connectivity index (χ1v) is 3.49. The Morgan fingerprint density at radius 2 is 2.44 bits per heavy atom. The molecule has 0 radical (unpaired) electrons. The first-order valence-electron chi connectivity index (χ1n) is 3.49. The van der Waals surface area contributed by atoms with Gasteiger partial charge in [0, 0.05) is 0 Å². The standard InChI is InChI=1S/C8H12O/c1-7-3-2-4-8(7)5-6-9/h5-7H,2-4H2,1H3/b8-5+. The maximum atomic E-state index is 10.0. The monoisotopic (exact) mass is 124 g/mol. The molecule has 1 saturated carbocycles. The predicted octanol–water partition coefficient (Wildman–Crippen LogP) is 1.93. The molecule has 1 aliphatic rings. The summed E-state index contributed by atoms with van der Waals surface area (Å²) in [7, 11) is 0. The summed E-state index contributed by atoms with van der Waals surface area (Å²) in [5.41, 5.74) is 1.34. The smallest absolute Gasteiger partial charge is 0.142 e. The molecule has 1 atom stereocenters. The molecule has 0 bridgehead atoms. The van der Waals surface area contributed by atoms with Crippen LogP contribution in [0.25, 0.3) is 0 Å². The van der Waals surface area contributed by atoms with Gasteiger partial charge < -0.3 is 0 Å². The van der Waals surface area contributed by atoms with E-state index >= 15 is 0 Å². The molecule has 50 valence electrons. The van der Waals surface area contributed by atoms with Crippen molar-refractivity contribution in [3.63, 3.8) is 0 Å². The van der Waals surface area contributed by atoms with Gasteiger partial charge in [0.05, 0.1) is 0 Å².